The Balaban J connectivity index is 2.53. The van der Waals surface area contributed by atoms with Crippen molar-refractivity contribution in [3.05, 3.63) is 35.4 Å². The zero-order valence-corrected chi connectivity index (χ0v) is 10.6. The fourth-order valence-electron chi connectivity index (χ4n) is 1.49. The quantitative estimate of drug-likeness (QED) is 0.770. The first-order valence-electron chi connectivity index (χ1n) is 6.09. The van der Waals surface area contributed by atoms with Crippen LogP contribution in [-0.4, -0.2) is 19.1 Å². The number of nitrogens with two attached hydrogens (primary N) is 1. The first-order valence-corrected chi connectivity index (χ1v) is 6.09. The zero-order valence-electron chi connectivity index (χ0n) is 10.6. The minimum Gasteiger partial charge on any atom is -0.462 e. The lowest BCUT2D eigenvalue weighted by atomic mass is 10.1. The van der Waals surface area contributed by atoms with Crippen molar-refractivity contribution >= 4 is 5.97 Å². The van der Waals surface area contributed by atoms with E-state index in [1.807, 2.05) is 18.2 Å². The Kier molecular flexibility index (Phi) is 5.70. The molecule has 3 heteroatoms. The van der Waals surface area contributed by atoms with Crippen molar-refractivity contribution in [1.29, 1.82) is 0 Å². The van der Waals surface area contributed by atoms with Gasteiger partial charge in [-0.1, -0.05) is 26.0 Å². The minimum absolute atomic E-state index is 0.246. The van der Waals surface area contributed by atoms with Gasteiger partial charge in [0.1, 0.15) is 0 Å². The van der Waals surface area contributed by atoms with Gasteiger partial charge in [-0.2, -0.15) is 0 Å². The Hall–Kier alpha value is -1.35. The van der Waals surface area contributed by atoms with Crippen molar-refractivity contribution in [2.45, 2.75) is 26.7 Å². The third kappa shape index (κ3) is 5.00. The summed E-state index contributed by atoms with van der Waals surface area (Å²) in [5.74, 6) is 0.302. The van der Waals surface area contributed by atoms with E-state index in [-0.39, 0.29) is 5.97 Å². The van der Waals surface area contributed by atoms with Gasteiger partial charge in [0.15, 0.2) is 0 Å². The van der Waals surface area contributed by atoms with Crippen molar-refractivity contribution < 1.29 is 9.53 Å². The second-order valence-corrected chi connectivity index (χ2v) is 4.56. The molecule has 1 aromatic carbocycles. The van der Waals surface area contributed by atoms with E-state index < -0.39 is 0 Å². The standard InChI is InChI=1S/C14H21NO2/c1-11(2)7-9-17-14(16)13-5-3-4-12(10-13)6-8-15/h3-5,10-11H,6-9,15H2,1-2H3. The number of ether oxygens (including phenoxy) is 1. The molecule has 0 fully saturated rings. The SMILES string of the molecule is CC(C)CCOC(=O)c1cccc(CCN)c1. The van der Waals surface area contributed by atoms with Crippen LogP contribution < -0.4 is 5.73 Å². The summed E-state index contributed by atoms with van der Waals surface area (Å²) in [6.07, 6.45) is 1.68. The van der Waals surface area contributed by atoms with E-state index >= 15 is 0 Å². The van der Waals surface area contributed by atoms with Crippen LogP contribution in [0.5, 0.6) is 0 Å². The van der Waals surface area contributed by atoms with E-state index in [9.17, 15) is 4.79 Å². The number of hydrogen-bond acceptors (Lipinski definition) is 3. The van der Waals surface area contributed by atoms with Crippen LogP contribution in [0.15, 0.2) is 24.3 Å². The average molecular weight is 235 g/mol. The molecule has 17 heavy (non-hydrogen) atoms. The molecule has 0 aliphatic carbocycles. The van der Waals surface area contributed by atoms with Gasteiger partial charge in [0, 0.05) is 0 Å². The summed E-state index contributed by atoms with van der Waals surface area (Å²) in [5.41, 5.74) is 7.17. The van der Waals surface area contributed by atoms with E-state index in [1.165, 1.54) is 0 Å². The molecular weight excluding hydrogens is 214 g/mol. The van der Waals surface area contributed by atoms with Crippen molar-refractivity contribution in [2.75, 3.05) is 13.2 Å². The molecule has 0 atom stereocenters. The Morgan fingerprint density at radius 3 is 2.82 bits per heavy atom. The number of carbonyl (C=O) groups excluding carboxylic acids is 1. The lowest BCUT2D eigenvalue weighted by Gasteiger charge is -2.07. The molecule has 0 heterocycles. The monoisotopic (exact) mass is 235 g/mol. The Bertz CT molecular complexity index is 361. The summed E-state index contributed by atoms with van der Waals surface area (Å²) < 4.78 is 5.20. The summed E-state index contributed by atoms with van der Waals surface area (Å²) in [4.78, 5) is 11.7. The maximum Gasteiger partial charge on any atom is 0.338 e. The van der Waals surface area contributed by atoms with E-state index in [2.05, 4.69) is 13.8 Å². The van der Waals surface area contributed by atoms with Gasteiger partial charge in [0.2, 0.25) is 0 Å². The van der Waals surface area contributed by atoms with E-state index in [0.717, 1.165) is 18.4 Å². The van der Waals surface area contributed by atoms with Crippen LogP contribution in [0.1, 0.15) is 36.2 Å². The van der Waals surface area contributed by atoms with E-state index in [4.69, 9.17) is 10.5 Å². The summed E-state index contributed by atoms with van der Waals surface area (Å²) in [5, 5.41) is 0. The molecule has 1 rings (SSSR count). The van der Waals surface area contributed by atoms with Gasteiger partial charge in [0.25, 0.3) is 0 Å². The van der Waals surface area contributed by atoms with Crippen LogP contribution >= 0.6 is 0 Å². The lowest BCUT2D eigenvalue weighted by molar-refractivity contribution is 0.0488. The van der Waals surface area contributed by atoms with Gasteiger partial charge in [-0.3, -0.25) is 0 Å². The third-order valence-corrected chi connectivity index (χ3v) is 2.52. The highest BCUT2D eigenvalue weighted by molar-refractivity contribution is 5.89. The molecule has 3 nitrogen and oxygen atoms in total. The van der Waals surface area contributed by atoms with Gasteiger partial charge < -0.3 is 10.5 Å². The van der Waals surface area contributed by atoms with E-state index in [0.29, 0.717) is 24.6 Å². The molecule has 0 radical (unpaired) electrons. The predicted molar refractivity (Wildman–Crippen MR) is 68.9 cm³/mol. The Morgan fingerprint density at radius 2 is 2.18 bits per heavy atom. The number of esters is 1. The molecule has 0 bridgehead atoms. The molecule has 94 valence electrons. The molecule has 0 saturated carbocycles. The maximum absolute atomic E-state index is 11.7. The second-order valence-electron chi connectivity index (χ2n) is 4.56. The predicted octanol–water partition coefficient (Wildman–Crippen LogP) is 2.39. The molecule has 0 aliphatic rings. The van der Waals surface area contributed by atoms with Crippen molar-refractivity contribution in [3.8, 4) is 0 Å². The van der Waals surface area contributed by atoms with Gasteiger partial charge in [-0.15, -0.1) is 0 Å². The summed E-state index contributed by atoms with van der Waals surface area (Å²) in [7, 11) is 0. The normalized spacial score (nSPS) is 10.6. The van der Waals surface area contributed by atoms with Crippen LogP contribution in [0.25, 0.3) is 0 Å². The van der Waals surface area contributed by atoms with Crippen LogP contribution in [0.3, 0.4) is 0 Å². The lowest BCUT2D eigenvalue weighted by Crippen LogP contribution is -2.09. The molecule has 0 aromatic heterocycles. The highest BCUT2D eigenvalue weighted by Crippen LogP contribution is 2.08. The molecule has 1 aromatic rings. The maximum atomic E-state index is 11.7. The number of benzene rings is 1. The average Bonchev–Trinajstić information content (AvgIpc) is 2.29. The fourth-order valence-corrected chi connectivity index (χ4v) is 1.49. The molecular formula is C14H21NO2. The van der Waals surface area contributed by atoms with Crippen LogP contribution in [0, 0.1) is 5.92 Å². The van der Waals surface area contributed by atoms with Crippen LogP contribution in [0.4, 0.5) is 0 Å². The van der Waals surface area contributed by atoms with E-state index in [1.54, 1.807) is 6.07 Å². The third-order valence-electron chi connectivity index (χ3n) is 2.52. The molecule has 0 unspecified atom stereocenters. The molecule has 0 amide bonds. The first-order chi connectivity index (χ1) is 8.13. The van der Waals surface area contributed by atoms with Gasteiger partial charge in [0.05, 0.1) is 12.2 Å². The molecule has 0 aliphatic heterocycles. The topological polar surface area (TPSA) is 52.3 Å². The second kappa shape index (κ2) is 7.07. The Morgan fingerprint density at radius 1 is 1.41 bits per heavy atom. The number of rotatable bonds is 6. The largest absolute Gasteiger partial charge is 0.462 e. The summed E-state index contributed by atoms with van der Waals surface area (Å²) in [6, 6.07) is 7.46. The minimum atomic E-state index is -0.246. The Labute approximate surface area is 103 Å². The molecule has 0 spiro atoms. The number of carbonyl (C=O) groups is 1. The highest BCUT2D eigenvalue weighted by Gasteiger charge is 2.07. The van der Waals surface area contributed by atoms with Gasteiger partial charge in [-0.05, 0) is 43.0 Å². The van der Waals surface area contributed by atoms with Gasteiger partial charge >= 0.3 is 5.97 Å². The summed E-state index contributed by atoms with van der Waals surface area (Å²) >= 11 is 0. The summed E-state index contributed by atoms with van der Waals surface area (Å²) in [6.45, 7) is 5.29. The highest BCUT2D eigenvalue weighted by atomic mass is 16.5. The van der Waals surface area contributed by atoms with Crippen molar-refractivity contribution in [2.24, 2.45) is 11.7 Å². The van der Waals surface area contributed by atoms with Crippen molar-refractivity contribution in [1.82, 2.24) is 0 Å². The van der Waals surface area contributed by atoms with Crippen LogP contribution in [0.2, 0.25) is 0 Å². The fraction of sp³-hybridized carbons (Fsp3) is 0.500. The number of hydrogen-bond donors (Lipinski definition) is 1. The molecule has 2 N–H and O–H groups in total. The van der Waals surface area contributed by atoms with Crippen LogP contribution in [-0.2, 0) is 11.2 Å². The first kappa shape index (κ1) is 13.7. The molecule has 0 saturated heterocycles. The van der Waals surface area contributed by atoms with Crippen molar-refractivity contribution in [3.63, 3.8) is 0 Å². The zero-order chi connectivity index (χ0) is 12.7. The smallest absolute Gasteiger partial charge is 0.338 e. The van der Waals surface area contributed by atoms with Gasteiger partial charge in [-0.25, -0.2) is 4.79 Å².